The number of carbonyl (C=O) groups is 1. The van der Waals surface area contributed by atoms with Gasteiger partial charge in [-0.05, 0) is 24.0 Å². The summed E-state index contributed by atoms with van der Waals surface area (Å²) in [7, 11) is 0. The van der Waals surface area contributed by atoms with Crippen molar-refractivity contribution in [2.24, 2.45) is 0 Å². The molecule has 36 heavy (non-hydrogen) atoms. The molecule has 5 rings (SSSR count). The summed E-state index contributed by atoms with van der Waals surface area (Å²) >= 11 is 0. The molecule has 2 saturated heterocycles. The molecule has 4 aliphatic rings. The zero-order valence-electron chi connectivity index (χ0n) is 21.8. The summed E-state index contributed by atoms with van der Waals surface area (Å²) in [6, 6.07) is 9.25. The van der Waals surface area contributed by atoms with Crippen LogP contribution in [0.1, 0.15) is 68.9 Å². The molecule has 0 radical (unpaired) electrons. The first-order valence-corrected chi connectivity index (χ1v) is 14.4. The SMILES string of the molecule is O=C(NC[C@H](O)CN1Cc2ccccc2C1)C1CC(NC2CNC2)NCN1C1CCCCCCCC1. The molecular weight excluding hydrogens is 452 g/mol. The molecule has 1 saturated carbocycles. The number of aliphatic hydroxyl groups excluding tert-OH is 1. The first kappa shape index (κ1) is 26.1. The zero-order valence-corrected chi connectivity index (χ0v) is 21.8. The average Bonchev–Trinajstić information content (AvgIpc) is 3.32. The Morgan fingerprint density at radius 1 is 1.03 bits per heavy atom. The van der Waals surface area contributed by atoms with Crippen molar-refractivity contribution in [2.75, 3.05) is 32.8 Å². The van der Waals surface area contributed by atoms with Crippen LogP contribution in [0, 0.1) is 0 Å². The number of fused-ring (bicyclic) bond motifs is 1. The van der Waals surface area contributed by atoms with Gasteiger partial charge in [-0.2, -0.15) is 0 Å². The molecule has 1 aliphatic carbocycles. The van der Waals surface area contributed by atoms with Crippen molar-refractivity contribution < 1.29 is 9.90 Å². The molecule has 0 bridgehead atoms. The lowest BCUT2D eigenvalue weighted by molar-refractivity contribution is -0.130. The Morgan fingerprint density at radius 3 is 2.33 bits per heavy atom. The lowest BCUT2D eigenvalue weighted by atomic mass is 9.97. The summed E-state index contributed by atoms with van der Waals surface area (Å²) in [4.78, 5) is 18.3. The quantitative estimate of drug-likeness (QED) is 0.371. The van der Waals surface area contributed by atoms with Crippen molar-refractivity contribution in [1.82, 2.24) is 31.1 Å². The van der Waals surface area contributed by atoms with Crippen LogP contribution >= 0.6 is 0 Å². The number of β-amino-alcohol motifs (C(OH)–C–C–N with tert-alkyl or cyclic N) is 1. The Hall–Kier alpha value is -1.55. The molecule has 0 aromatic heterocycles. The molecule has 5 N–H and O–H groups in total. The highest BCUT2D eigenvalue weighted by atomic mass is 16.3. The monoisotopic (exact) mass is 498 g/mol. The lowest BCUT2D eigenvalue weighted by Gasteiger charge is -2.45. The second kappa shape index (κ2) is 12.8. The van der Waals surface area contributed by atoms with Crippen LogP contribution in [0.15, 0.2) is 24.3 Å². The van der Waals surface area contributed by atoms with Crippen molar-refractivity contribution in [1.29, 1.82) is 0 Å². The Kier molecular flexibility index (Phi) is 9.27. The number of nitrogens with zero attached hydrogens (tertiary/aromatic N) is 2. The van der Waals surface area contributed by atoms with Gasteiger partial charge in [0.25, 0.3) is 0 Å². The van der Waals surface area contributed by atoms with Crippen LogP contribution in [0.5, 0.6) is 0 Å². The summed E-state index contributed by atoms with van der Waals surface area (Å²) in [6.07, 6.45) is 10.5. The van der Waals surface area contributed by atoms with Gasteiger partial charge in [0.05, 0.1) is 25.0 Å². The third kappa shape index (κ3) is 6.85. The fraction of sp³-hybridized carbons (Fsp3) is 0.750. The number of amides is 1. The van der Waals surface area contributed by atoms with Crippen LogP contribution in [0.3, 0.4) is 0 Å². The van der Waals surface area contributed by atoms with E-state index < -0.39 is 6.10 Å². The lowest BCUT2D eigenvalue weighted by Crippen LogP contribution is -2.68. The van der Waals surface area contributed by atoms with Gasteiger partial charge in [0.15, 0.2) is 0 Å². The Morgan fingerprint density at radius 2 is 1.69 bits per heavy atom. The van der Waals surface area contributed by atoms with Gasteiger partial charge in [-0.3, -0.25) is 25.2 Å². The fourth-order valence-electron chi connectivity index (χ4n) is 6.40. The maximum Gasteiger partial charge on any atom is 0.237 e. The Balaban J connectivity index is 1.16. The normalized spacial score (nSPS) is 27.9. The van der Waals surface area contributed by atoms with E-state index in [-0.39, 0.29) is 18.1 Å². The standard InChI is InChI=1S/C28H46N6O2/c35-25(19-33-17-21-9-7-8-10-22(21)18-33)16-30-28(36)26-13-27(32-23-14-29-15-23)31-20-34(26)24-11-5-3-1-2-4-6-12-24/h7-10,23-27,29,31-32,35H,1-6,11-20H2,(H,30,36)/t25-,26?,27?/m0/s1. The molecule has 3 fully saturated rings. The van der Waals surface area contributed by atoms with Gasteiger partial charge in [0, 0.05) is 57.8 Å². The van der Waals surface area contributed by atoms with E-state index in [1.54, 1.807) is 0 Å². The third-order valence-electron chi connectivity index (χ3n) is 8.58. The number of nitrogens with one attached hydrogen (secondary N) is 4. The van der Waals surface area contributed by atoms with Crippen LogP contribution in [0.4, 0.5) is 0 Å². The molecule has 3 atom stereocenters. The number of carbonyl (C=O) groups excluding carboxylic acids is 1. The molecule has 8 nitrogen and oxygen atoms in total. The summed E-state index contributed by atoms with van der Waals surface area (Å²) < 4.78 is 0. The molecular formula is C28H46N6O2. The largest absolute Gasteiger partial charge is 0.390 e. The summed E-state index contributed by atoms with van der Waals surface area (Å²) in [5, 5.41) is 24.6. The molecule has 0 spiro atoms. The van der Waals surface area contributed by atoms with Crippen molar-refractivity contribution in [3.05, 3.63) is 35.4 Å². The summed E-state index contributed by atoms with van der Waals surface area (Å²) in [5.41, 5.74) is 2.68. The van der Waals surface area contributed by atoms with Gasteiger partial charge in [0.1, 0.15) is 0 Å². The first-order valence-electron chi connectivity index (χ1n) is 14.4. The molecule has 1 amide bonds. The van der Waals surface area contributed by atoms with Gasteiger partial charge in [-0.1, -0.05) is 62.8 Å². The maximum absolute atomic E-state index is 13.6. The van der Waals surface area contributed by atoms with Gasteiger partial charge >= 0.3 is 0 Å². The van der Waals surface area contributed by atoms with Crippen LogP contribution in [-0.2, 0) is 17.9 Å². The van der Waals surface area contributed by atoms with Crippen LogP contribution in [-0.4, -0.2) is 84.1 Å². The highest BCUT2D eigenvalue weighted by molar-refractivity contribution is 5.82. The van der Waals surface area contributed by atoms with Gasteiger partial charge in [-0.25, -0.2) is 0 Å². The predicted octanol–water partition coefficient (Wildman–Crippen LogP) is 1.49. The minimum atomic E-state index is -0.571. The van der Waals surface area contributed by atoms with Crippen LogP contribution < -0.4 is 21.3 Å². The minimum absolute atomic E-state index is 0.0682. The van der Waals surface area contributed by atoms with Crippen molar-refractivity contribution >= 4 is 5.91 Å². The molecule has 3 heterocycles. The summed E-state index contributed by atoms with van der Waals surface area (Å²) in [5.74, 6) is 0.0682. The minimum Gasteiger partial charge on any atom is -0.390 e. The smallest absolute Gasteiger partial charge is 0.237 e. The second-order valence-corrected chi connectivity index (χ2v) is 11.4. The van der Waals surface area contributed by atoms with E-state index >= 15 is 0 Å². The van der Waals surface area contributed by atoms with Crippen LogP contribution in [0.25, 0.3) is 0 Å². The first-order chi connectivity index (χ1) is 17.7. The van der Waals surface area contributed by atoms with E-state index in [9.17, 15) is 9.90 Å². The van der Waals surface area contributed by atoms with E-state index in [2.05, 4.69) is 55.3 Å². The third-order valence-corrected chi connectivity index (χ3v) is 8.58. The van der Waals surface area contributed by atoms with Crippen molar-refractivity contribution in [2.45, 2.75) is 101 Å². The number of hydrogen-bond acceptors (Lipinski definition) is 7. The molecule has 1 aromatic rings. The number of rotatable bonds is 8. The summed E-state index contributed by atoms with van der Waals surface area (Å²) in [6.45, 7) is 5.35. The van der Waals surface area contributed by atoms with Crippen molar-refractivity contribution in [3.63, 3.8) is 0 Å². The number of hydrogen-bond donors (Lipinski definition) is 5. The molecule has 3 aliphatic heterocycles. The molecule has 8 heteroatoms. The molecule has 200 valence electrons. The van der Waals surface area contributed by atoms with Gasteiger partial charge < -0.3 is 15.7 Å². The zero-order chi connectivity index (χ0) is 24.7. The van der Waals surface area contributed by atoms with Crippen LogP contribution in [0.2, 0.25) is 0 Å². The van der Waals surface area contributed by atoms with E-state index in [0.29, 0.717) is 25.2 Å². The van der Waals surface area contributed by atoms with E-state index in [0.717, 1.165) is 39.3 Å². The van der Waals surface area contributed by atoms with Gasteiger partial charge in [-0.15, -0.1) is 0 Å². The van der Waals surface area contributed by atoms with E-state index in [1.165, 1.54) is 62.5 Å². The Bertz CT molecular complexity index is 814. The Labute approximate surface area is 216 Å². The fourth-order valence-corrected chi connectivity index (χ4v) is 6.40. The molecule has 2 unspecified atom stereocenters. The average molecular weight is 499 g/mol. The van der Waals surface area contributed by atoms with Gasteiger partial charge in [0.2, 0.25) is 5.91 Å². The number of benzene rings is 1. The highest BCUT2D eigenvalue weighted by Crippen LogP contribution is 2.26. The maximum atomic E-state index is 13.6. The highest BCUT2D eigenvalue weighted by Gasteiger charge is 2.38. The van der Waals surface area contributed by atoms with E-state index in [4.69, 9.17) is 0 Å². The predicted molar refractivity (Wildman–Crippen MR) is 142 cm³/mol. The second-order valence-electron chi connectivity index (χ2n) is 11.4. The van der Waals surface area contributed by atoms with Crippen molar-refractivity contribution in [3.8, 4) is 0 Å². The topological polar surface area (TPSA) is 91.9 Å². The number of aliphatic hydroxyl groups is 1. The molecule has 1 aromatic carbocycles. The van der Waals surface area contributed by atoms with E-state index in [1.807, 2.05) is 0 Å².